The second kappa shape index (κ2) is 4.92. The van der Waals surface area contributed by atoms with E-state index in [4.69, 9.17) is 5.26 Å². The zero-order valence-electron chi connectivity index (χ0n) is 9.25. The van der Waals surface area contributed by atoms with Crippen LogP contribution < -0.4 is 0 Å². The quantitative estimate of drug-likeness (QED) is 0.791. The van der Waals surface area contributed by atoms with Gasteiger partial charge in [-0.15, -0.1) is 0 Å². The van der Waals surface area contributed by atoms with Gasteiger partial charge in [0.1, 0.15) is 17.5 Å². The van der Waals surface area contributed by atoms with Crippen LogP contribution in [0.4, 0.5) is 13.2 Å². The summed E-state index contributed by atoms with van der Waals surface area (Å²) in [5, 5.41) is 8.49. The lowest BCUT2D eigenvalue weighted by Gasteiger charge is -2.05. The molecule has 0 aromatic heterocycles. The van der Waals surface area contributed by atoms with Crippen molar-refractivity contribution in [2.45, 2.75) is 6.42 Å². The van der Waals surface area contributed by atoms with Gasteiger partial charge in [-0.3, -0.25) is 0 Å². The number of rotatable bonds is 2. The summed E-state index contributed by atoms with van der Waals surface area (Å²) in [6.45, 7) is 0. The highest BCUT2D eigenvalue weighted by atomic mass is 19.1. The van der Waals surface area contributed by atoms with Gasteiger partial charge in [-0.1, -0.05) is 12.1 Å². The molecule has 90 valence electrons. The third-order valence-corrected chi connectivity index (χ3v) is 2.52. The molecule has 4 heteroatoms. The third kappa shape index (κ3) is 2.51. The number of nitrogens with zero attached hydrogens (tertiary/aromatic N) is 1. The van der Waals surface area contributed by atoms with Crippen LogP contribution in [0.25, 0.3) is 11.1 Å². The molecule has 0 bridgehead atoms. The molecular weight excluding hydrogens is 239 g/mol. The van der Waals surface area contributed by atoms with Crippen LogP contribution in [0.1, 0.15) is 5.56 Å². The molecule has 0 N–H and O–H groups in total. The van der Waals surface area contributed by atoms with Crippen molar-refractivity contribution >= 4 is 0 Å². The first-order valence-corrected chi connectivity index (χ1v) is 5.22. The summed E-state index contributed by atoms with van der Waals surface area (Å²) in [5.41, 5.74) is 0.889. The van der Waals surface area contributed by atoms with Gasteiger partial charge < -0.3 is 0 Å². The molecule has 1 nitrogen and oxygen atoms in total. The summed E-state index contributed by atoms with van der Waals surface area (Å²) in [4.78, 5) is 0. The van der Waals surface area contributed by atoms with Crippen LogP contribution in [0.15, 0.2) is 36.4 Å². The van der Waals surface area contributed by atoms with Gasteiger partial charge in [0.15, 0.2) is 0 Å². The third-order valence-electron chi connectivity index (χ3n) is 2.52. The maximum atomic E-state index is 13.6. The largest absolute Gasteiger partial charge is 0.207 e. The Labute approximate surface area is 102 Å². The molecule has 0 aliphatic carbocycles. The fourth-order valence-corrected chi connectivity index (χ4v) is 1.68. The van der Waals surface area contributed by atoms with Gasteiger partial charge in [-0.2, -0.15) is 5.26 Å². The number of halogens is 3. The van der Waals surface area contributed by atoms with Crippen LogP contribution in [0.5, 0.6) is 0 Å². The van der Waals surface area contributed by atoms with E-state index in [1.165, 1.54) is 18.2 Å². The number of hydrogen-bond donors (Lipinski definition) is 0. The van der Waals surface area contributed by atoms with Gasteiger partial charge in [-0.05, 0) is 29.3 Å². The summed E-state index contributed by atoms with van der Waals surface area (Å²) in [5.74, 6) is -1.99. The molecular formula is C14H8F3N. The molecule has 0 fully saturated rings. The Hall–Kier alpha value is -2.28. The standard InChI is InChI=1S/C14H8F3N/c15-12-5-11(6-13(16)8-12)10-2-1-9(3-4-18)14(17)7-10/h1-2,5-8H,3H2. The second-order valence-corrected chi connectivity index (χ2v) is 3.80. The smallest absolute Gasteiger partial charge is 0.128 e. The van der Waals surface area contributed by atoms with E-state index in [9.17, 15) is 13.2 Å². The second-order valence-electron chi connectivity index (χ2n) is 3.80. The molecule has 18 heavy (non-hydrogen) atoms. The van der Waals surface area contributed by atoms with Crippen molar-refractivity contribution in [2.24, 2.45) is 0 Å². The maximum absolute atomic E-state index is 13.6. The lowest BCUT2D eigenvalue weighted by molar-refractivity contribution is 0.584. The van der Waals surface area contributed by atoms with Crippen molar-refractivity contribution < 1.29 is 13.2 Å². The van der Waals surface area contributed by atoms with E-state index < -0.39 is 17.5 Å². The number of hydrogen-bond acceptors (Lipinski definition) is 1. The van der Waals surface area contributed by atoms with Gasteiger partial charge in [0.25, 0.3) is 0 Å². The van der Waals surface area contributed by atoms with E-state index in [0.717, 1.165) is 18.2 Å². The van der Waals surface area contributed by atoms with Crippen LogP contribution in [-0.4, -0.2) is 0 Å². The topological polar surface area (TPSA) is 23.8 Å². The molecule has 0 atom stereocenters. The summed E-state index contributed by atoms with van der Waals surface area (Å²) in [6, 6.07) is 8.99. The Kier molecular flexibility index (Phi) is 3.33. The fourth-order valence-electron chi connectivity index (χ4n) is 1.68. The Morgan fingerprint density at radius 1 is 0.889 bits per heavy atom. The van der Waals surface area contributed by atoms with E-state index in [1.807, 2.05) is 6.07 Å². The first kappa shape index (κ1) is 12.2. The van der Waals surface area contributed by atoms with Crippen molar-refractivity contribution in [3.63, 3.8) is 0 Å². The average molecular weight is 247 g/mol. The summed E-state index contributed by atoms with van der Waals surface area (Å²) >= 11 is 0. The Morgan fingerprint density at radius 2 is 1.56 bits per heavy atom. The molecule has 2 aromatic rings. The molecule has 0 saturated heterocycles. The summed E-state index contributed by atoms with van der Waals surface area (Å²) in [7, 11) is 0. The minimum atomic E-state index is -0.716. The van der Waals surface area contributed by atoms with E-state index in [2.05, 4.69) is 0 Å². The fraction of sp³-hybridized carbons (Fsp3) is 0.0714. The van der Waals surface area contributed by atoms with Crippen LogP contribution in [0.3, 0.4) is 0 Å². The minimum Gasteiger partial charge on any atom is -0.207 e. The van der Waals surface area contributed by atoms with Crippen LogP contribution in [0.2, 0.25) is 0 Å². The highest BCUT2D eigenvalue weighted by molar-refractivity contribution is 5.64. The van der Waals surface area contributed by atoms with Gasteiger partial charge in [0.05, 0.1) is 12.5 Å². The molecule has 0 aliphatic rings. The van der Waals surface area contributed by atoms with Gasteiger partial charge >= 0.3 is 0 Å². The summed E-state index contributed by atoms with van der Waals surface area (Å²) < 4.78 is 39.7. The van der Waals surface area contributed by atoms with Gasteiger partial charge in [0, 0.05) is 11.6 Å². The van der Waals surface area contributed by atoms with Crippen molar-refractivity contribution in [3.8, 4) is 17.2 Å². The zero-order chi connectivity index (χ0) is 13.1. The Morgan fingerprint density at radius 3 is 2.11 bits per heavy atom. The van der Waals surface area contributed by atoms with Crippen molar-refractivity contribution in [1.82, 2.24) is 0 Å². The highest BCUT2D eigenvalue weighted by Gasteiger charge is 2.07. The number of benzene rings is 2. The Bertz CT molecular complexity index is 609. The average Bonchev–Trinajstić information content (AvgIpc) is 2.30. The predicted octanol–water partition coefficient (Wildman–Crippen LogP) is 3.84. The monoisotopic (exact) mass is 247 g/mol. The van der Waals surface area contributed by atoms with Crippen molar-refractivity contribution in [1.29, 1.82) is 5.26 Å². The molecule has 0 aliphatic heterocycles. The van der Waals surface area contributed by atoms with Gasteiger partial charge in [-0.25, -0.2) is 13.2 Å². The SMILES string of the molecule is N#CCc1ccc(-c2cc(F)cc(F)c2)cc1F. The van der Waals surface area contributed by atoms with E-state index in [-0.39, 0.29) is 17.5 Å². The van der Waals surface area contributed by atoms with Crippen LogP contribution in [-0.2, 0) is 6.42 Å². The highest BCUT2D eigenvalue weighted by Crippen LogP contribution is 2.24. The normalized spacial score (nSPS) is 10.1. The van der Waals surface area contributed by atoms with Crippen molar-refractivity contribution in [3.05, 3.63) is 59.4 Å². The maximum Gasteiger partial charge on any atom is 0.128 e. The number of nitriles is 1. The summed E-state index contributed by atoms with van der Waals surface area (Å²) in [6.07, 6.45) is -0.0381. The van der Waals surface area contributed by atoms with Crippen LogP contribution in [0, 0.1) is 28.8 Å². The first-order valence-electron chi connectivity index (χ1n) is 5.22. The Balaban J connectivity index is 2.46. The molecule has 0 amide bonds. The molecule has 2 aromatic carbocycles. The lowest BCUT2D eigenvalue weighted by atomic mass is 10.0. The van der Waals surface area contributed by atoms with Gasteiger partial charge in [0.2, 0.25) is 0 Å². The van der Waals surface area contributed by atoms with E-state index in [0.29, 0.717) is 5.56 Å². The molecule has 0 unspecified atom stereocenters. The molecule has 0 heterocycles. The minimum absolute atomic E-state index is 0.0381. The van der Waals surface area contributed by atoms with E-state index >= 15 is 0 Å². The zero-order valence-corrected chi connectivity index (χ0v) is 9.25. The van der Waals surface area contributed by atoms with Crippen LogP contribution >= 0.6 is 0 Å². The van der Waals surface area contributed by atoms with E-state index in [1.54, 1.807) is 0 Å². The molecule has 0 spiro atoms. The lowest BCUT2D eigenvalue weighted by Crippen LogP contribution is -1.90. The molecule has 0 saturated carbocycles. The van der Waals surface area contributed by atoms with Crippen molar-refractivity contribution in [2.75, 3.05) is 0 Å². The predicted molar refractivity (Wildman–Crippen MR) is 61.1 cm³/mol. The molecule has 0 radical (unpaired) electrons. The first-order chi connectivity index (χ1) is 8.60. The molecule has 2 rings (SSSR count).